The molecule has 0 spiro atoms. The molecule has 11 heavy (non-hydrogen) atoms. The minimum absolute atomic E-state index is 0.951. The van der Waals surface area contributed by atoms with Crippen LogP contribution < -0.4 is 0 Å². The van der Waals surface area contributed by atoms with Crippen molar-refractivity contribution in [3.8, 4) is 12.3 Å². The van der Waals surface area contributed by atoms with Gasteiger partial charge in [0.15, 0.2) is 0 Å². The van der Waals surface area contributed by atoms with Gasteiger partial charge < -0.3 is 0 Å². The monoisotopic (exact) mass is 169 g/mol. The average molecular weight is 169 g/mol. The summed E-state index contributed by atoms with van der Waals surface area (Å²) in [5, 5.41) is 0. The van der Waals surface area contributed by atoms with Crippen LogP contribution in [0.2, 0.25) is 0 Å². The van der Waals surface area contributed by atoms with Crippen LogP contribution >= 0.6 is 11.8 Å². The highest BCUT2D eigenvalue weighted by atomic mass is 32.2. The number of unbranched alkanes of at least 4 members (excludes halogenated alkanes) is 4. The molecule has 1 heteroatoms. The van der Waals surface area contributed by atoms with Crippen LogP contribution in [0, 0.1) is 18.1 Å². The first-order valence-electron chi connectivity index (χ1n) is 4.24. The molecule has 0 amide bonds. The van der Waals surface area contributed by atoms with Gasteiger partial charge in [0, 0.05) is 12.2 Å². The average Bonchev–Trinajstić information content (AvgIpc) is 2.03. The van der Waals surface area contributed by atoms with E-state index in [1.807, 2.05) is 11.8 Å². The normalized spacial score (nSPS) is 9.45. The first-order valence-corrected chi connectivity index (χ1v) is 5.29. The van der Waals surface area contributed by atoms with E-state index in [4.69, 9.17) is 6.42 Å². The largest absolute Gasteiger partial charge is 0.158 e. The van der Waals surface area contributed by atoms with Crippen molar-refractivity contribution in [1.82, 2.24) is 0 Å². The minimum Gasteiger partial charge on any atom is -0.158 e. The highest BCUT2D eigenvalue weighted by Crippen LogP contribution is 2.09. The fourth-order valence-corrected chi connectivity index (χ4v) is 1.49. The molecule has 0 aromatic carbocycles. The SMILES string of the molecule is C#CCCCCCCS[CH]C. The summed E-state index contributed by atoms with van der Waals surface area (Å²) in [5.41, 5.74) is 0. The molecule has 0 aliphatic carbocycles. The van der Waals surface area contributed by atoms with Crippen molar-refractivity contribution < 1.29 is 0 Å². The van der Waals surface area contributed by atoms with Crippen LogP contribution in [-0.4, -0.2) is 5.75 Å². The van der Waals surface area contributed by atoms with Gasteiger partial charge in [-0.1, -0.05) is 19.8 Å². The molecule has 0 aromatic heterocycles. The van der Waals surface area contributed by atoms with Crippen LogP contribution in [0.3, 0.4) is 0 Å². The Labute approximate surface area is 75.1 Å². The van der Waals surface area contributed by atoms with Crippen molar-refractivity contribution in [2.24, 2.45) is 0 Å². The van der Waals surface area contributed by atoms with Crippen molar-refractivity contribution in [3.63, 3.8) is 0 Å². The Balaban J connectivity index is 2.75. The van der Waals surface area contributed by atoms with E-state index in [9.17, 15) is 0 Å². The molecule has 0 bridgehead atoms. The first-order chi connectivity index (χ1) is 5.41. The van der Waals surface area contributed by atoms with E-state index in [0.717, 1.165) is 6.42 Å². The van der Waals surface area contributed by atoms with Crippen molar-refractivity contribution in [1.29, 1.82) is 0 Å². The van der Waals surface area contributed by atoms with Gasteiger partial charge in [-0.2, -0.15) is 11.8 Å². The number of hydrogen-bond donors (Lipinski definition) is 0. The van der Waals surface area contributed by atoms with Gasteiger partial charge in [-0.15, -0.1) is 12.3 Å². The number of thioether (sulfide) groups is 1. The molecule has 0 fully saturated rings. The van der Waals surface area contributed by atoms with Gasteiger partial charge in [0.2, 0.25) is 0 Å². The van der Waals surface area contributed by atoms with E-state index in [1.54, 1.807) is 0 Å². The Morgan fingerprint density at radius 3 is 2.64 bits per heavy atom. The highest BCUT2D eigenvalue weighted by Gasteiger charge is 1.88. The molecule has 0 saturated carbocycles. The molecule has 0 heterocycles. The predicted octanol–water partition coefficient (Wildman–Crippen LogP) is 3.48. The van der Waals surface area contributed by atoms with E-state index in [0.29, 0.717) is 0 Å². The van der Waals surface area contributed by atoms with Gasteiger partial charge in [-0.25, -0.2) is 0 Å². The molecule has 0 rings (SSSR count). The molecule has 0 unspecified atom stereocenters. The van der Waals surface area contributed by atoms with E-state index < -0.39 is 0 Å². The van der Waals surface area contributed by atoms with E-state index in [1.165, 1.54) is 31.4 Å². The summed E-state index contributed by atoms with van der Waals surface area (Å²) >= 11 is 1.91. The molecule has 63 valence electrons. The molecule has 0 aliphatic heterocycles. The van der Waals surface area contributed by atoms with Gasteiger partial charge in [0.05, 0.1) is 0 Å². The molecule has 0 nitrogen and oxygen atoms in total. The third kappa shape index (κ3) is 9.91. The summed E-state index contributed by atoms with van der Waals surface area (Å²) in [6.45, 7) is 2.09. The highest BCUT2D eigenvalue weighted by molar-refractivity contribution is 8.01. The topological polar surface area (TPSA) is 0 Å². The van der Waals surface area contributed by atoms with E-state index >= 15 is 0 Å². The smallest absolute Gasteiger partial charge is 0.0135 e. The minimum atomic E-state index is 0.951. The van der Waals surface area contributed by atoms with Crippen molar-refractivity contribution >= 4 is 11.8 Å². The van der Waals surface area contributed by atoms with Gasteiger partial charge in [0.25, 0.3) is 0 Å². The predicted molar refractivity (Wildman–Crippen MR) is 54.4 cm³/mol. The Morgan fingerprint density at radius 1 is 1.27 bits per heavy atom. The Bertz CT molecular complexity index is 102. The van der Waals surface area contributed by atoms with Crippen LogP contribution in [0.25, 0.3) is 0 Å². The summed E-state index contributed by atoms with van der Waals surface area (Å²) in [4.78, 5) is 0. The molecular formula is C10H17S. The third-order valence-corrected chi connectivity index (χ3v) is 2.36. The summed E-state index contributed by atoms with van der Waals surface area (Å²) in [6, 6.07) is 0. The number of rotatable bonds is 7. The second-order valence-corrected chi connectivity index (χ2v) is 3.69. The lowest BCUT2D eigenvalue weighted by Crippen LogP contribution is -1.80. The van der Waals surface area contributed by atoms with E-state index in [-0.39, 0.29) is 0 Å². The van der Waals surface area contributed by atoms with Crippen molar-refractivity contribution in [3.05, 3.63) is 5.75 Å². The van der Waals surface area contributed by atoms with Crippen molar-refractivity contribution in [2.45, 2.75) is 39.0 Å². The van der Waals surface area contributed by atoms with Gasteiger partial charge in [0.1, 0.15) is 0 Å². The summed E-state index contributed by atoms with van der Waals surface area (Å²) < 4.78 is 0. The van der Waals surface area contributed by atoms with Gasteiger partial charge >= 0.3 is 0 Å². The first kappa shape index (κ1) is 10.9. The van der Waals surface area contributed by atoms with Crippen LogP contribution in [-0.2, 0) is 0 Å². The molecule has 0 N–H and O–H groups in total. The van der Waals surface area contributed by atoms with Crippen LogP contribution in [0.15, 0.2) is 0 Å². The quantitative estimate of drug-likeness (QED) is 0.415. The zero-order chi connectivity index (χ0) is 8.36. The molecule has 0 aromatic rings. The molecular weight excluding hydrogens is 152 g/mol. The van der Waals surface area contributed by atoms with Gasteiger partial charge in [-0.05, 0) is 18.6 Å². The Kier molecular flexibility index (Phi) is 9.83. The molecule has 0 saturated heterocycles. The Morgan fingerprint density at radius 2 is 2.00 bits per heavy atom. The number of hydrogen-bond acceptors (Lipinski definition) is 1. The lowest BCUT2D eigenvalue weighted by Gasteiger charge is -1.97. The van der Waals surface area contributed by atoms with Crippen LogP contribution in [0.5, 0.6) is 0 Å². The lowest BCUT2D eigenvalue weighted by molar-refractivity contribution is 0.684. The fraction of sp³-hybridized carbons (Fsp3) is 0.700. The third-order valence-electron chi connectivity index (χ3n) is 1.50. The summed E-state index contributed by atoms with van der Waals surface area (Å²) in [5.74, 6) is 6.08. The zero-order valence-corrected chi connectivity index (χ0v) is 8.12. The maximum absolute atomic E-state index is 5.13. The summed E-state index contributed by atoms with van der Waals surface area (Å²) in [7, 11) is 0. The maximum Gasteiger partial charge on any atom is 0.0135 e. The summed E-state index contributed by atoms with van der Waals surface area (Å²) in [6.07, 6.45) is 11.3. The second kappa shape index (κ2) is 9.91. The maximum atomic E-state index is 5.13. The van der Waals surface area contributed by atoms with Crippen LogP contribution in [0.4, 0.5) is 0 Å². The van der Waals surface area contributed by atoms with Crippen molar-refractivity contribution in [2.75, 3.05) is 5.75 Å². The number of terminal acetylenes is 1. The molecule has 0 atom stereocenters. The lowest BCUT2D eigenvalue weighted by atomic mass is 10.2. The van der Waals surface area contributed by atoms with Gasteiger partial charge in [-0.3, -0.25) is 0 Å². The van der Waals surface area contributed by atoms with Crippen LogP contribution in [0.1, 0.15) is 39.0 Å². The second-order valence-electron chi connectivity index (χ2n) is 2.47. The standard InChI is InChI=1S/C10H17S/c1-3-5-6-7-8-9-10-11-4-2/h1,4H,5-10H2,2H3. The molecule has 1 radical (unpaired) electrons. The fourth-order valence-electron chi connectivity index (χ4n) is 0.884. The zero-order valence-electron chi connectivity index (χ0n) is 7.31. The Hall–Kier alpha value is -0.0900. The molecule has 0 aliphatic rings. The van der Waals surface area contributed by atoms with E-state index in [2.05, 4.69) is 18.6 Å².